The minimum absolute atomic E-state index is 0.158. The first-order valence-electron chi connectivity index (χ1n) is 12.3. The molecule has 0 radical (unpaired) electrons. The highest BCUT2D eigenvalue weighted by Gasteiger charge is 2.46. The van der Waals surface area contributed by atoms with Crippen LogP contribution in [0.5, 0.6) is 11.5 Å². The van der Waals surface area contributed by atoms with Gasteiger partial charge in [-0.1, -0.05) is 31.2 Å². The standard InChI is InChI=1S/C29H31N3O5/c1-4-15-37-24-13-11-22(12-14-24)30-27(33)18-26-28(34)32(23-9-5-7-20(2)16-23)29(35)31(26)19-21-8-6-10-25(17-21)36-3/h5-14,16-17,26H,4,15,18-19H2,1-3H3,(H,30,33)/t26-/m1/s1. The number of urea groups is 1. The number of aryl methyl sites for hydroxylation is 1. The Hall–Kier alpha value is -4.33. The zero-order valence-corrected chi connectivity index (χ0v) is 21.3. The number of methoxy groups -OCH3 is 1. The van der Waals surface area contributed by atoms with Crippen LogP contribution in [0, 0.1) is 6.92 Å². The molecule has 1 aliphatic rings. The molecule has 0 spiro atoms. The number of hydrogen-bond donors (Lipinski definition) is 1. The van der Waals surface area contributed by atoms with Gasteiger partial charge in [0.15, 0.2) is 0 Å². The second kappa shape index (κ2) is 11.6. The van der Waals surface area contributed by atoms with Gasteiger partial charge in [-0.25, -0.2) is 9.69 Å². The SMILES string of the molecule is CCCOc1ccc(NC(=O)C[C@@H]2C(=O)N(c3cccc(C)c3)C(=O)N2Cc2cccc(OC)c2)cc1. The van der Waals surface area contributed by atoms with E-state index in [0.29, 0.717) is 23.7 Å². The van der Waals surface area contributed by atoms with Gasteiger partial charge in [-0.2, -0.15) is 0 Å². The molecule has 192 valence electrons. The normalized spacial score (nSPS) is 15.2. The van der Waals surface area contributed by atoms with Gasteiger partial charge in [0, 0.05) is 12.2 Å². The molecule has 1 fully saturated rings. The maximum atomic E-state index is 13.5. The summed E-state index contributed by atoms with van der Waals surface area (Å²) in [4.78, 5) is 42.6. The summed E-state index contributed by atoms with van der Waals surface area (Å²) in [6, 6.07) is 20.1. The van der Waals surface area contributed by atoms with E-state index in [2.05, 4.69) is 5.32 Å². The van der Waals surface area contributed by atoms with Gasteiger partial charge in [-0.05, 0) is 73.0 Å². The lowest BCUT2D eigenvalue weighted by molar-refractivity contribution is -0.124. The van der Waals surface area contributed by atoms with Crippen molar-refractivity contribution in [1.29, 1.82) is 0 Å². The van der Waals surface area contributed by atoms with Crippen LogP contribution < -0.4 is 19.7 Å². The smallest absolute Gasteiger partial charge is 0.332 e. The second-order valence-corrected chi connectivity index (χ2v) is 8.92. The zero-order valence-electron chi connectivity index (χ0n) is 21.3. The van der Waals surface area contributed by atoms with E-state index in [1.54, 1.807) is 49.6 Å². The van der Waals surface area contributed by atoms with E-state index in [-0.39, 0.29) is 18.9 Å². The molecule has 0 bridgehead atoms. The number of hydrogen-bond acceptors (Lipinski definition) is 5. The Kier molecular flexibility index (Phi) is 8.08. The van der Waals surface area contributed by atoms with Crippen molar-refractivity contribution < 1.29 is 23.9 Å². The number of benzene rings is 3. The summed E-state index contributed by atoms with van der Waals surface area (Å²) < 4.78 is 10.9. The van der Waals surface area contributed by atoms with Gasteiger partial charge < -0.3 is 19.7 Å². The molecule has 0 aliphatic carbocycles. The van der Waals surface area contributed by atoms with Gasteiger partial charge in [0.05, 0.1) is 25.8 Å². The molecule has 1 saturated heterocycles. The number of nitrogens with one attached hydrogen (secondary N) is 1. The number of nitrogens with zero attached hydrogens (tertiary/aromatic N) is 2. The molecule has 3 aromatic carbocycles. The molecule has 1 aliphatic heterocycles. The van der Waals surface area contributed by atoms with E-state index in [4.69, 9.17) is 9.47 Å². The van der Waals surface area contributed by atoms with E-state index in [1.807, 2.05) is 44.2 Å². The lowest BCUT2D eigenvalue weighted by Gasteiger charge is -2.22. The van der Waals surface area contributed by atoms with Crippen LogP contribution in [0.3, 0.4) is 0 Å². The maximum absolute atomic E-state index is 13.5. The van der Waals surface area contributed by atoms with E-state index in [1.165, 1.54) is 4.90 Å². The molecule has 1 atom stereocenters. The summed E-state index contributed by atoms with van der Waals surface area (Å²) in [5.41, 5.74) is 2.78. The molecule has 0 saturated carbocycles. The van der Waals surface area contributed by atoms with Crippen LogP contribution in [0.15, 0.2) is 72.8 Å². The van der Waals surface area contributed by atoms with Gasteiger partial charge >= 0.3 is 6.03 Å². The van der Waals surface area contributed by atoms with Gasteiger partial charge in [0.2, 0.25) is 5.91 Å². The molecule has 1 N–H and O–H groups in total. The van der Waals surface area contributed by atoms with Crippen LogP contribution >= 0.6 is 0 Å². The number of carbonyl (C=O) groups excluding carboxylic acids is 3. The first kappa shape index (κ1) is 25.8. The van der Waals surface area contributed by atoms with Gasteiger partial charge in [-0.3, -0.25) is 9.59 Å². The predicted molar refractivity (Wildman–Crippen MR) is 142 cm³/mol. The van der Waals surface area contributed by atoms with Gasteiger partial charge in [0.1, 0.15) is 17.5 Å². The Labute approximate surface area is 216 Å². The Morgan fingerprint density at radius 3 is 2.43 bits per heavy atom. The molecule has 3 aromatic rings. The summed E-state index contributed by atoms with van der Waals surface area (Å²) in [6.45, 7) is 4.70. The molecule has 8 nitrogen and oxygen atoms in total. The topological polar surface area (TPSA) is 88.2 Å². The lowest BCUT2D eigenvalue weighted by Crippen LogP contribution is -2.37. The molecule has 1 heterocycles. The van der Waals surface area contributed by atoms with Crippen LogP contribution in [0.4, 0.5) is 16.2 Å². The number of rotatable bonds is 10. The summed E-state index contributed by atoms with van der Waals surface area (Å²) in [6.07, 6.45) is 0.726. The highest BCUT2D eigenvalue weighted by molar-refractivity contribution is 6.22. The molecule has 0 unspecified atom stereocenters. The minimum atomic E-state index is -0.952. The molecule has 4 amide bonds. The highest BCUT2D eigenvalue weighted by Crippen LogP contribution is 2.30. The minimum Gasteiger partial charge on any atom is -0.497 e. The van der Waals surface area contributed by atoms with Crippen LogP contribution in [-0.4, -0.2) is 42.5 Å². The van der Waals surface area contributed by atoms with Crippen molar-refractivity contribution in [2.45, 2.75) is 39.3 Å². The average molecular weight is 502 g/mol. The van der Waals surface area contributed by atoms with E-state index >= 15 is 0 Å². The van der Waals surface area contributed by atoms with Crippen LogP contribution in [-0.2, 0) is 16.1 Å². The zero-order chi connectivity index (χ0) is 26.4. The van der Waals surface area contributed by atoms with Crippen LogP contribution in [0.25, 0.3) is 0 Å². The molecular formula is C29H31N3O5. The van der Waals surface area contributed by atoms with Crippen molar-refractivity contribution in [1.82, 2.24) is 4.90 Å². The van der Waals surface area contributed by atoms with Crippen LogP contribution in [0.1, 0.15) is 30.9 Å². The first-order chi connectivity index (χ1) is 17.9. The summed E-state index contributed by atoms with van der Waals surface area (Å²) >= 11 is 0. The first-order valence-corrected chi connectivity index (χ1v) is 12.3. The maximum Gasteiger partial charge on any atom is 0.332 e. The Morgan fingerprint density at radius 1 is 0.973 bits per heavy atom. The Balaban J connectivity index is 1.55. The summed E-state index contributed by atoms with van der Waals surface area (Å²) in [7, 11) is 1.57. The monoisotopic (exact) mass is 501 g/mol. The number of amides is 4. The molecule has 37 heavy (non-hydrogen) atoms. The Morgan fingerprint density at radius 2 is 1.73 bits per heavy atom. The van der Waals surface area contributed by atoms with E-state index in [0.717, 1.165) is 28.2 Å². The van der Waals surface area contributed by atoms with Gasteiger partial charge in [0.25, 0.3) is 5.91 Å². The number of imide groups is 1. The fourth-order valence-electron chi connectivity index (χ4n) is 4.23. The second-order valence-electron chi connectivity index (χ2n) is 8.92. The predicted octanol–water partition coefficient (Wildman–Crippen LogP) is 5.16. The number of anilines is 2. The van der Waals surface area contributed by atoms with Gasteiger partial charge in [-0.15, -0.1) is 0 Å². The Bertz CT molecular complexity index is 1270. The van der Waals surface area contributed by atoms with E-state index in [9.17, 15) is 14.4 Å². The van der Waals surface area contributed by atoms with Crippen molar-refractivity contribution in [3.05, 3.63) is 83.9 Å². The third-order valence-corrected chi connectivity index (χ3v) is 6.06. The third-order valence-electron chi connectivity index (χ3n) is 6.06. The molecular weight excluding hydrogens is 470 g/mol. The van der Waals surface area contributed by atoms with Crippen molar-refractivity contribution in [3.8, 4) is 11.5 Å². The molecule has 4 rings (SSSR count). The average Bonchev–Trinajstić information content (AvgIpc) is 3.12. The molecule has 8 heteroatoms. The highest BCUT2D eigenvalue weighted by atomic mass is 16.5. The summed E-state index contributed by atoms with van der Waals surface area (Å²) in [5, 5.41) is 2.83. The number of carbonyl (C=O) groups is 3. The summed E-state index contributed by atoms with van der Waals surface area (Å²) in [5.74, 6) is 0.563. The molecule has 0 aromatic heterocycles. The fraction of sp³-hybridized carbons (Fsp3) is 0.276. The van der Waals surface area contributed by atoms with Crippen molar-refractivity contribution in [2.75, 3.05) is 23.9 Å². The van der Waals surface area contributed by atoms with Crippen LogP contribution in [0.2, 0.25) is 0 Å². The third kappa shape index (κ3) is 6.09. The number of ether oxygens (including phenoxy) is 2. The van der Waals surface area contributed by atoms with Crippen molar-refractivity contribution in [2.24, 2.45) is 0 Å². The van der Waals surface area contributed by atoms with Crippen molar-refractivity contribution in [3.63, 3.8) is 0 Å². The lowest BCUT2D eigenvalue weighted by atomic mass is 10.1. The largest absolute Gasteiger partial charge is 0.497 e. The van der Waals surface area contributed by atoms with Crippen molar-refractivity contribution >= 4 is 29.2 Å². The van der Waals surface area contributed by atoms with E-state index < -0.39 is 18.0 Å². The fourth-order valence-corrected chi connectivity index (χ4v) is 4.23. The quantitative estimate of drug-likeness (QED) is 0.388.